The monoisotopic (exact) mass is 217 g/mol. The van der Waals surface area contributed by atoms with Crippen molar-refractivity contribution in [1.29, 1.82) is 0 Å². The molecule has 14 heavy (non-hydrogen) atoms. The van der Waals surface area contributed by atoms with Gasteiger partial charge in [-0.1, -0.05) is 0 Å². The molecule has 1 fully saturated rings. The highest BCUT2D eigenvalue weighted by Gasteiger charge is 2.56. The zero-order valence-electron chi connectivity index (χ0n) is 8.73. The zero-order valence-corrected chi connectivity index (χ0v) is 9.49. The lowest BCUT2D eigenvalue weighted by atomic mass is 10.4. The molecular weight excluding hydrogens is 204 g/mol. The highest BCUT2D eigenvalue weighted by molar-refractivity contribution is 6.63. The molecule has 2 amide bonds. The minimum atomic E-state index is 0.0185. The molecular formula is C8H14ClN4O+. The number of urea groups is 1. The summed E-state index contributed by atoms with van der Waals surface area (Å²) in [5.41, 5.74) is 0. The summed E-state index contributed by atoms with van der Waals surface area (Å²) in [6, 6.07) is 0.0304. The van der Waals surface area contributed by atoms with Crippen LogP contribution in [0.2, 0.25) is 0 Å². The molecule has 0 bridgehead atoms. The highest BCUT2D eigenvalue weighted by atomic mass is 35.5. The summed E-state index contributed by atoms with van der Waals surface area (Å²) in [5.74, 6) is 0. The van der Waals surface area contributed by atoms with Gasteiger partial charge in [0, 0.05) is 25.7 Å². The van der Waals surface area contributed by atoms with Gasteiger partial charge >= 0.3 is 11.3 Å². The highest BCUT2D eigenvalue weighted by Crippen LogP contribution is 2.28. The van der Waals surface area contributed by atoms with E-state index in [1.807, 2.05) is 23.6 Å². The van der Waals surface area contributed by atoms with Gasteiger partial charge in [0.05, 0.1) is 14.1 Å². The third-order valence-electron chi connectivity index (χ3n) is 3.04. The van der Waals surface area contributed by atoms with Crippen LogP contribution in [0.25, 0.3) is 0 Å². The minimum absolute atomic E-state index is 0.0185. The Morgan fingerprint density at radius 3 is 2.29 bits per heavy atom. The van der Waals surface area contributed by atoms with E-state index in [1.165, 1.54) is 0 Å². The van der Waals surface area contributed by atoms with E-state index in [9.17, 15) is 4.79 Å². The van der Waals surface area contributed by atoms with E-state index in [-0.39, 0.29) is 18.4 Å². The second-order valence-corrected chi connectivity index (χ2v) is 4.16. The summed E-state index contributed by atoms with van der Waals surface area (Å²) >= 11 is 6.10. The number of carbonyl (C=O) groups excluding carboxylic acids is 1. The van der Waals surface area contributed by atoms with Crippen molar-refractivity contribution in [2.24, 2.45) is 0 Å². The number of likely N-dealkylation sites (N-methyl/N-ethyl adjacent to an activating group) is 4. The molecule has 0 aliphatic carbocycles. The molecule has 2 aliphatic rings. The third kappa shape index (κ3) is 0.904. The van der Waals surface area contributed by atoms with Crippen molar-refractivity contribution in [3.8, 4) is 0 Å². The number of carbonyl (C=O) groups is 1. The van der Waals surface area contributed by atoms with Crippen LogP contribution in [0.15, 0.2) is 0 Å². The van der Waals surface area contributed by atoms with Gasteiger partial charge in [-0.25, -0.2) is 14.3 Å². The Labute approximate surface area is 88.1 Å². The molecule has 0 N–H and O–H groups in total. The third-order valence-corrected chi connectivity index (χ3v) is 3.57. The second kappa shape index (κ2) is 2.76. The number of fused-ring (bicyclic) bond motifs is 1. The molecule has 5 nitrogen and oxygen atoms in total. The molecule has 78 valence electrons. The maximum Gasteiger partial charge on any atom is 0.348 e. The molecule has 2 atom stereocenters. The SMILES string of the molecule is CN1C(=O)N(C)C2C1N(C)C(Cl)=[N+]2C. The summed E-state index contributed by atoms with van der Waals surface area (Å²) in [7, 11) is 7.38. The van der Waals surface area contributed by atoms with Crippen LogP contribution in [0.4, 0.5) is 4.79 Å². The van der Waals surface area contributed by atoms with Crippen molar-refractivity contribution in [3.63, 3.8) is 0 Å². The second-order valence-electron chi connectivity index (χ2n) is 3.82. The van der Waals surface area contributed by atoms with Gasteiger partial charge in [0.1, 0.15) is 0 Å². The molecule has 2 heterocycles. The van der Waals surface area contributed by atoms with E-state index in [0.717, 1.165) is 0 Å². The fraction of sp³-hybridized carbons (Fsp3) is 0.750. The summed E-state index contributed by atoms with van der Waals surface area (Å²) in [4.78, 5) is 17.0. The molecule has 1 saturated heterocycles. The summed E-state index contributed by atoms with van der Waals surface area (Å²) in [6.45, 7) is 0. The predicted molar refractivity (Wildman–Crippen MR) is 53.3 cm³/mol. The van der Waals surface area contributed by atoms with Crippen LogP contribution in [0, 0.1) is 0 Å². The van der Waals surface area contributed by atoms with Gasteiger partial charge in [-0.15, -0.1) is 0 Å². The summed E-state index contributed by atoms with van der Waals surface area (Å²) in [5, 5.41) is 0.672. The Morgan fingerprint density at radius 1 is 1.21 bits per heavy atom. The number of rotatable bonds is 0. The smallest absolute Gasteiger partial charge is 0.283 e. The van der Waals surface area contributed by atoms with Crippen LogP contribution in [-0.4, -0.2) is 71.1 Å². The normalized spacial score (nSPS) is 32.1. The first-order valence-corrected chi connectivity index (χ1v) is 4.82. The number of amides is 2. The first kappa shape index (κ1) is 9.58. The molecule has 0 spiro atoms. The molecule has 0 aromatic carbocycles. The number of hydrogen-bond acceptors (Lipinski definition) is 2. The Morgan fingerprint density at radius 2 is 1.79 bits per heavy atom. The van der Waals surface area contributed by atoms with Crippen molar-refractivity contribution in [2.75, 3.05) is 28.2 Å². The standard InChI is InChI=1S/C8H14ClN4O/c1-10-5-6(11(2)7(10)9)13(4)8(14)12(5)3/h5-6H,1-4H3/q+1. The van der Waals surface area contributed by atoms with Crippen LogP contribution in [-0.2, 0) is 0 Å². The Balaban J connectivity index is 2.43. The van der Waals surface area contributed by atoms with E-state index in [2.05, 4.69) is 0 Å². The maximum absolute atomic E-state index is 11.7. The fourth-order valence-corrected chi connectivity index (χ4v) is 2.46. The van der Waals surface area contributed by atoms with Gasteiger partial charge in [0.2, 0.25) is 12.3 Å². The van der Waals surface area contributed by atoms with Gasteiger partial charge in [-0.05, 0) is 0 Å². The summed E-state index contributed by atoms with van der Waals surface area (Å²) in [6.07, 6.45) is 0.0370. The number of hydrogen-bond donors (Lipinski definition) is 0. The average molecular weight is 218 g/mol. The largest absolute Gasteiger partial charge is 0.348 e. The lowest BCUT2D eigenvalue weighted by Crippen LogP contribution is -2.44. The van der Waals surface area contributed by atoms with Crippen molar-refractivity contribution >= 4 is 22.9 Å². The van der Waals surface area contributed by atoms with E-state index < -0.39 is 0 Å². The summed E-state index contributed by atoms with van der Waals surface area (Å²) < 4.78 is 1.91. The van der Waals surface area contributed by atoms with Gasteiger partial charge < -0.3 is 0 Å². The molecule has 2 aliphatic heterocycles. The van der Waals surface area contributed by atoms with Crippen LogP contribution >= 0.6 is 11.6 Å². The van der Waals surface area contributed by atoms with Crippen molar-refractivity contribution < 1.29 is 9.37 Å². The lowest BCUT2D eigenvalue weighted by molar-refractivity contribution is -0.548. The van der Waals surface area contributed by atoms with Gasteiger partial charge in [-0.3, -0.25) is 9.80 Å². The van der Waals surface area contributed by atoms with E-state index in [0.29, 0.717) is 5.29 Å². The number of amidine groups is 1. The first-order valence-electron chi connectivity index (χ1n) is 4.44. The molecule has 6 heteroatoms. The van der Waals surface area contributed by atoms with E-state index >= 15 is 0 Å². The van der Waals surface area contributed by atoms with Crippen molar-refractivity contribution in [1.82, 2.24) is 14.7 Å². The Kier molecular flexibility index (Phi) is 1.89. The molecule has 2 unspecified atom stereocenters. The van der Waals surface area contributed by atoms with Crippen molar-refractivity contribution in [3.05, 3.63) is 0 Å². The quantitative estimate of drug-likeness (QED) is 0.416. The minimum Gasteiger partial charge on any atom is -0.283 e. The number of halogens is 1. The van der Waals surface area contributed by atoms with Crippen LogP contribution in [0.1, 0.15) is 0 Å². The first-order chi connectivity index (χ1) is 6.46. The van der Waals surface area contributed by atoms with Crippen molar-refractivity contribution in [2.45, 2.75) is 12.3 Å². The topological polar surface area (TPSA) is 29.8 Å². The van der Waals surface area contributed by atoms with Gasteiger partial charge in [0.15, 0.2) is 0 Å². The van der Waals surface area contributed by atoms with E-state index in [4.69, 9.17) is 11.6 Å². The number of nitrogens with zero attached hydrogens (tertiary/aromatic N) is 4. The molecule has 0 aromatic heterocycles. The fourth-order valence-electron chi connectivity index (χ4n) is 2.26. The van der Waals surface area contributed by atoms with Gasteiger partial charge in [0.25, 0.3) is 0 Å². The lowest BCUT2D eigenvalue weighted by Gasteiger charge is -2.18. The Hall–Kier alpha value is -0.970. The molecule has 2 rings (SSSR count). The van der Waals surface area contributed by atoms with Gasteiger partial charge in [-0.2, -0.15) is 0 Å². The van der Waals surface area contributed by atoms with Crippen LogP contribution in [0.3, 0.4) is 0 Å². The van der Waals surface area contributed by atoms with Crippen LogP contribution < -0.4 is 0 Å². The predicted octanol–water partition coefficient (Wildman–Crippen LogP) is -0.182. The molecule has 0 radical (unpaired) electrons. The Bertz CT molecular complexity index is 329. The molecule has 0 saturated carbocycles. The zero-order chi connectivity index (χ0) is 10.6. The maximum atomic E-state index is 11.7. The average Bonchev–Trinajstić information content (AvgIpc) is 2.51. The molecule has 0 aromatic rings. The van der Waals surface area contributed by atoms with E-state index in [1.54, 1.807) is 23.9 Å². The van der Waals surface area contributed by atoms with Crippen LogP contribution in [0.5, 0.6) is 0 Å².